The maximum atomic E-state index is 11.6. The van der Waals surface area contributed by atoms with Crippen LogP contribution in [0.3, 0.4) is 0 Å². The van der Waals surface area contributed by atoms with E-state index in [4.69, 9.17) is 9.15 Å². The summed E-state index contributed by atoms with van der Waals surface area (Å²) in [7, 11) is -8.31. The number of rotatable bonds is 13. The van der Waals surface area contributed by atoms with Crippen molar-refractivity contribution in [2.45, 2.75) is 32.7 Å². The number of fused-ring (bicyclic) bond motifs is 2. The van der Waals surface area contributed by atoms with Crippen LogP contribution in [0.15, 0.2) is 150 Å². The van der Waals surface area contributed by atoms with Gasteiger partial charge in [0.1, 0.15) is 0 Å². The van der Waals surface area contributed by atoms with Crippen molar-refractivity contribution in [3.8, 4) is 28.0 Å². The Hall–Kier alpha value is -5.68. The molecule has 0 atom stereocenters. The fourth-order valence-corrected chi connectivity index (χ4v) is 7.17. The Kier molecular flexibility index (Phi) is 15.4. The van der Waals surface area contributed by atoms with Gasteiger partial charge in [0.25, 0.3) is 25.8 Å². The lowest BCUT2D eigenvalue weighted by atomic mass is 10.0. The first-order chi connectivity index (χ1) is 26.5. The summed E-state index contributed by atoms with van der Waals surface area (Å²) < 4.78 is 79.6. The fraction of sp³-hybridized carbons (Fsp3) is 0.190. The Morgan fingerprint density at radius 1 is 0.737 bits per heavy atom. The Balaban J connectivity index is 0.000000824. The Labute approximate surface area is 332 Å². The molecule has 57 heavy (non-hydrogen) atoms. The van der Waals surface area contributed by atoms with Crippen molar-refractivity contribution in [1.82, 2.24) is 4.98 Å². The highest BCUT2D eigenvalue weighted by Gasteiger charge is 2.28. The van der Waals surface area contributed by atoms with Gasteiger partial charge in [-0.3, -0.25) is 14.1 Å². The van der Waals surface area contributed by atoms with E-state index in [0.29, 0.717) is 29.5 Å². The highest BCUT2D eigenvalue weighted by atomic mass is 32.2. The standard InChI is InChI=1S/C37H36N2O8S2.C5H5N.2H2O/c1-2-27(23-36-38(19-9-21-48(40,41)42)32-25-30(15-17-34(32)46-36)28-11-5-3-6-12-28)24-37-39(20-10-22-49(43,44)45)33-26-31(16-18-35(33)47-37)29-13-7-4-8-14-29;1-2-4-6-5-3-1;;/h3-8,11-18,23-26H,2,9-10,19-22H2,1H3,(H-,40,41,42,43,44,45);1-5H;2*1H2/p+1. The molecule has 0 saturated heterocycles. The number of oxazole rings is 1. The molecule has 0 spiro atoms. The maximum Gasteiger partial charge on any atom is 0.374 e. The van der Waals surface area contributed by atoms with Gasteiger partial charge in [-0.05, 0) is 71.0 Å². The smallest absolute Gasteiger partial charge is 0.374 e. The number of nitrogens with zero attached hydrogens (tertiary/aromatic N) is 3. The van der Waals surface area contributed by atoms with Crippen LogP contribution in [0.2, 0.25) is 0 Å². The van der Waals surface area contributed by atoms with Crippen molar-refractivity contribution >= 4 is 43.1 Å². The van der Waals surface area contributed by atoms with E-state index in [2.05, 4.69) is 4.98 Å². The quantitative estimate of drug-likeness (QED) is 0.0944. The van der Waals surface area contributed by atoms with E-state index in [1.807, 2.05) is 144 Å². The topological polar surface area (TPSA) is 214 Å². The highest BCUT2D eigenvalue weighted by Crippen LogP contribution is 2.42. The predicted molar refractivity (Wildman–Crippen MR) is 222 cm³/mol. The minimum atomic E-state index is -4.15. The Morgan fingerprint density at radius 3 is 1.88 bits per heavy atom. The van der Waals surface area contributed by atoms with Crippen molar-refractivity contribution in [1.29, 1.82) is 0 Å². The van der Waals surface area contributed by atoms with Crippen molar-refractivity contribution in [2.24, 2.45) is 0 Å². The zero-order valence-electron chi connectivity index (χ0n) is 31.2. The molecule has 0 aliphatic carbocycles. The number of aryl methyl sites for hydroxylation is 1. The fourth-order valence-electron chi connectivity index (χ4n) is 6.18. The van der Waals surface area contributed by atoms with Gasteiger partial charge >= 0.3 is 5.89 Å². The van der Waals surface area contributed by atoms with Gasteiger partial charge in [0.05, 0.1) is 23.3 Å². The van der Waals surface area contributed by atoms with Crippen molar-refractivity contribution < 1.29 is 50.6 Å². The zero-order chi connectivity index (χ0) is 38.8. The summed E-state index contributed by atoms with van der Waals surface area (Å²) >= 11 is 0. The van der Waals surface area contributed by atoms with Crippen molar-refractivity contribution in [3.63, 3.8) is 0 Å². The molecule has 1 aliphatic heterocycles. The summed E-state index contributed by atoms with van der Waals surface area (Å²) in [5, 5.41) is 0. The lowest BCUT2D eigenvalue weighted by Gasteiger charge is -2.19. The molecule has 0 unspecified atom stereocenters. The molecule has 3 heterocycles. The van der Waals surface area contributed by atoms with E-state index >= 15 is 0 Å². The Bertz CT molecular complexity index is 2480. The first-order valence-corrected chi connectivity index (χ1v) is 21.0. The minimum absolute atomic E-state index is 0. The van der Waals surface area contributed by atoms with Crippen LogP contribution in [0.25, 0.3) is 39.4 Å². The number of anilines is 1. The Morgan fingerprint density at radius 2 is 1.32 bits per heavy atom. The molecular formula is C42H46N3O10S2+. The van der Waals surface area contributed by atoms with Gasteiger partial charge in [0, 0.05) is 37.5 Å². The number of benzene rings is 4. The number of allylic oxidation sites excluding steroid dienone is 2. The van der Waals surface area contributed by atoms with Crippen LogP contribution in [0, 0.1) is 0 Å². The molecule has 2 aromatic heterocycles. The normalized spacial score (nSPS) is 13.2. The summed E-state index contributed by atoms with van der Waals surface area (Å²) in [4.78, 5) is 5.69. The van der Waals surface area contributed by atoms with Gasteiger partial charge in [0.2, 0.25) is 11.5 Å². The predicted octanol–water partition coefficient (Wildman–Crippen LogP) is 6.58. The first-order valence-electron chi connectivity index (χ1n) is 17.8. The second-order valence-corrected chi connectivity index (χ2v) is 15.9. The summed E-state index contributed by atoms with van der Waals surface area (Å²) in [6.45, 7) is 2.53. The van der Waals surface area contributed by atoms with Crippen molar-refractivity contribution in [2.75, 3.05) is 23.0 Å². The van der Waals surface area contributed by atoms with Crippen LogP contribution in [-0.2, 0) is 26.8 Å². The van der Waals surface area contributed by atoms with E-state index in [9.17, 15) is 25.9 Å². The summed E-state index contributed by atoms with van der Waals surface area (Å²) in [6, 6.07) is 37.2. The molecule has 0 fully saturated rings. The molecular weight excluding hydrogens is 771 g/mol. The number of ether oxygens (including phenoxy) is 1. The third kappa shape index (κ3) is 12.2. The third-order valence-corrected chi connectivity index (χ3v) is 10.4. The second-order valence-electron chi connectivity index (χ2n) is 12.8. The monoisotopic (exact) mass is 816 g/mol. The second kappa shape index (κ2) is 20.0. The largest absolute Gasteiger partial charge is 0.439 e. The van der Waals surface area contributed by atoms with E-state index in [0.717, 1.165) is 39.0 Å². The number of hydrogen-bond donors (Lipinski definition) is 2. The lowest BCUT2D eigenvalue weighted by Crippen LogP contribution is -2.36. The van der Waals surface area contributed by atoms with Crippen LogP contribution in [-0.4, -0.2) is 59.9 Å². The maximum absolute atomic E-state index is 11.6. The molecule has 13 nitrogen and oxygen atoms in total. The van der Waals surface area contributed by atoms with Gasteiger partial charge in [-0.2, -0.15) is 21.4 Å². The van der Waals surface area contributed by atoms with E-state index in [1.54, 1.807) is 12.4 Å². The SMILES string of the molecule is CCC(=Cc1oc2ccc(-c3ccccc3)cc2[n+]1CCCS(=O)(=O)O)/C=C1/Oc2ccc(-c3ccccc3)cc2N1CCCS(=O)(=O)O.O.O.c1ccncc1. The van der Waals surface area contributed by atoms with Crippen LogP contribution in [0.5, 0.6) is 5.75 Å². The van der Waals surface area contributed by atoms with E-state index < -0.39 is 31.7 Å². The van der Waals surface area contributed by atoms with Gasteiger partial charge in [-0.15, -0.1) is 0 Å². The van der Waals surface area contributed by atoms with Crippen LogP contribution < -0.4 is 14.2 Å². The van der Waals surface area contributed by atoms with E-state index in [-0.39, 0.29) is 36.9 Å². The van der Waals surface area contributed by atoms with Crippen LogP contribution in [0.4, 0.5) is 5.69 Å². The van der Waals surface area contributed by atoms with E-state index in [1.165, 1.54) is 0 Å². The van der Waals surface area contributed by atoms with Gasteiger partial charge in [0.15, 0.2) is 12.3 Å². The highest BCUT2D eigenvalue weighted by molar-refractivity contribution is 7.86. The molecule has 0 amide bonds. The third-order valence-electron chi connectivity index (χ3n) is 8.84. The zero-order valence-corrected chi connectivity index (χ0v) is 32.9. The first kappa shape index (κ1) is 44.0. The number of hydrogen-bond acceptors (Lipinski definition) is 8. The molecule has 0 saturated carbocycles. The summed E-state index contributed by atoms with van der Waals surface area (Å²) in [6.07, 6.45) is 8.16. The molecule has 4 aromatic carbocycles. The van der Waals surface area contributed by atoms with Gasteiger partial charge < -0.3 is 25.0 Å². The average molecular weight is 817 g/mol. The van der Waals surface area contributed by atoms with Crippen molar-refractivity contribution in [3.05, 3.63) is 151 Å². The molecule has 7 rings (SSSR count). The lowest BCUT2D eigenvalue weighted by molar-refractivity contribution is -0.677. The average Bonchev–Trinajstić information content (AvgIpc) is 3.70. The van der Waals surface area contributed by atoms with Crippen LogP contribution in [0.1, 0.15) is 32.1 Å². The van der Waals surface area contributed by atoms with Gasteiger partial charge in [-0.1, -0.05) is 85.8 Å². The molecule has 1 aliphatic rings. The molecule has 6 N–H and O–H groups in total. The minimum Gasteiger partial charge on any atom is -0.439 e. The molecule has 6 aromatic rings. The summed E-state index contributed by atoms with van der Waals surface area (Å²) in [5.41, 5.74) is 6.98. The molecule has 0 bridgehead atoms. The van der Waals surface area contributed by atoms with Crippen LogP contribution >= 0.6 is 0 Å². The molecule has 15 heteroatoms. The number of aromatic nitrogens is 2. The number of pyridine rings is 1. The summed E-state index contributed by atoms with van der Waals surface area (Å²) in [5.74, 6) is 0.807. The van der Waals surface area contributed by atoms with Gasteiger partial charge in [-0.25, -0.2) is 0 Å². The molecule has 300 valence electrons. The molecule has 0 radical (unpaired) electrons.